The zero-order chi connectivity index (χ0) is 22.4. The molecule has 1 N–H and O–H groups in total. The van der Waals surface area contributed by atoms with Crippen molar-refractivity contribution in [2.75, 3.05) is 5.32 Å². The van der Waals surface area contributed by atoms with Gasteiger partial charge in [-0.25, -0.2) is 4.79 Å². The highest BCUT2D eigenvalue weighted by Gasteiger charge is 2.71. The molecular formula is C26H30N2O3. The summed E-state index contributed by atoms with van der Waals surface area (Å²) < 4.78 is 0. The van der Waals surface area contributed by atoms with Gasteiger partial charge in [0.05, 0.1) is 16.7 Å². The number of carbonyl (C=O) groups is 2. The van der Waals surface area contributed by atoms with Gasteiger partial charge in [0.1, 0.15) is 0 Å². The Morgan fingerprint density at radius 2 is 1.61 bits per heavy atom. The van der Waals surface area contributed by atoms with Crippen LogP contribution >= 0.6 is 0 Å². The fraction of sp³-hybridized carbons (Fsp3) is 0.423. The second-order valence-electron chi connectivity index (χ2n) is 9.83. The van der Waals surface area contributed by atoms with Crippen LogP contribution in [0.25, 0.3) is 0 Å². The molecule has 0 radical (unpaired) electrons. The zero-order valence-electron chi connectivity index (χ0n) is 18.9. The molecule has 2 aromatic rings. The minimum absolute atomic E-state index is 0.0193. The third-order valence-electron chi connectivity index (χ3n) is 7.90. The van der Waals surface area contributed by atoms with Crippen LogP contribution in [-0.4, -0.2) is 17.6 Å². The number of fused-ring (bicyclic) bond motifs is 2. The molecule has 2 atom stereocenters. The molecule has 0 heterocycles. The Morgan fingerprint density at radius 3 is 2.26 bits per heavy atom. The summed E-state index contributed by atoms with van der Waals surface area (Å²) in [6, 6.07) is 14.9. The lowest BCUT2D eigenvalue weighted by Crippen LogP contribution is -2.43. The van der Waals surface area contributed by atoms with E-state index in [1.165, 1.54) is 0 Å². The molecule has 0 aliphatic heterocycles. The number of benzene rings is 2. The number of anilines is 1. The maximum Gasteiger partial charge on any atom is 0.365 e. The molecule has 4 rings (SSSR count). The van der Waals surface area contributed by atoms with E-state index in [4.69, 9.17) is 4.84 Å². The summed E-state index contributed by atoms with van der Waals surface area (Å²) in [5, 5.41) is 7.47. The lowest BCUT2D eigenvalue weighted by molar-refractivity contribution is -0.130. The van der Waals surface area contributed by atoms with E-state index in [-0.39, 0.29) is 16.7 Å². The largest absolute Gasteiger partial charge is 0.365 e. The van der Waals surface area contributed by atoms with E-state index in [1.54, 1.807) is 24.3 Å². The zero-order valence-corrected chi connectivity index (χ0v) is 18.9. The SMILES string of the molecule is Cc1cc(C)cc(NC(=O)C23CCC(C)(C(=NOC(=O)c4ccccc4)C2)C3(C)C)c1. The first-order chi connectivity index (χ1) is 14.6. The van der Waals surface area contributed by atoms with E-state index in [2.05, 4.69) is 37.3 Å². The number of nitrogens with zero attached hydrogens (tertiary/aromatic N) is 1. The highest BCUT2D eigenvalue weighted by molar-refractivity contribution is 6.06. The summed E-state index contributed by atoms with van der Waals surface area (Å²) in [6.45, 7) is 10.5. The van der Waals surface area contributed by atoms with Crippen LogP contribution in [0.5, 0.6) is 0 Å². The Morgan fingerprint density at radius 1 is 0.968 bits per heavy atom. The van der Waals surface area contributed by atoms with E-state index in [9.17, 15) is 9.59 Å². The minimum Gasteiger partial charge on any atom is -0.326 e. The summed E-state index contributed by atoms with van der Waals surface area (Å²) in [5.74, 6) is -0.461. The highest BCUT2D eigenvalue weighted by Crippen LogP contribution is 2.71. The number of rotatable bonds is 4. The van der Waals surface area contributed by atoms with Gasteiger partial charge in [0.15, 0.2) is 0 Å². The molecule has 2 fully saturated rings. The number of aryl methyl sites for hydroxylation is 2. The van der Waals surface area contributed by atoms with Crippen molar-refractivity contribution in [2.24, 2.45) is 21.4 Å². The predicted octanol–water partition coefficient (Wildman–Crippen LogP) is 5.67. The van der Waals surface area contributed by atoms with Crippen molar-refractivity contribution in [3.8, 4) is 0 Å². The van der Waals surface area contributed by atoms with Crippen LogP contribution < -0.4 is 5.32 Å². The Labute approximate surface area is 183 Å². The number of nitrogens with one attached hydrogen (secondary N) is 1. The van der Waals surface area contributed by atoms with Crippen molar-refractivity contribution in [1.29, 1.82) is 0 Å². The number of carbonyl (C=O) groups excluding carboxylic acids is 2. The highest BCUT2D eigenvalue weighted by atomic mass is 16.7. The van der Waals surface area contributed by atoms with Crippen molar-refractivity contribution in [1.82, 2.24) is 0 Å². The van der Waals surface area contributed by atoms with Gasteiger partial charge in [-0.15, -0.1) is 0 Å². The van der Waals surface area contributed by atoms with Gasteiger partial charge in [-0.1, -0.05) is 50.2 Å². The van der Waals surface area contributed by atoms with E-state index >= 15 is 0 Å². The average molecular weight is 419 g/mol. The van der Waals surface area contributed by atoms with Gasteiger partial charge >= 0.3 is 5.97 Å². The number of hydrogen-bond acceptors (Lipinski definition) is 4. The average Bonchev–Trinajstić information content (AvgIpc) is 3.02. The smallest absolute Gasteiger partial charge is 0.326 e. The maximum atomic E-state index is 13.6. The van der Waals surface area contributed by atoms with Crippen molar-refractivity contribution in [3.63, 3.8) is 0 Å². The van der Waals surface area contributed by atoms with Crippen molar-refractivity contribution in [3.05, 3.63) is 65.2 Å². The molecule has 2 aliphatic rings. The molecule has 5 heteroatoms. The molecule has 1 amide bonds. The van der Waals surface area contributed by atoms with E-state index in [1.807, 2.05) is 32.0 Å². The van der Waals surface area contributed by atoms with Crippen LogP contribution in [0.2, 0.25) is 0 Å². The van der Waals surface area contributed by atoms with Gasteiger partial charge in [-0.2, -0.15) is 0 Å². The number of amides is 1. The topological polar surface area (TPSA) is 67.8 Å². The number of oxime groups is 1. The van der Waals surface area contributed by atoms with Crippen molar-refractivity contribution in [2.45, 2.75) is 53.9 Å². The normalized spacial score (nSPS) is 27.3. The van der Waals surface area contributed by atoms with E-state index in [0.29, 0.717) is 12.0 Å². The van der Waals surface area contributed by atoms with Gasteiger partial charge in [0, 0.05) is 17.5 Å². The van der Waals surface area contributed by atoms with Crippen molar-refractivity contribution < 1.29 is 14.4 Å². The first-order valence-corrected chi connectivity index (χ1v) is 10.8. The number of hydrogen-bond donors (Lipinski definition) is 1. The molecular weight excluding hydrogens is 388 g/mol. The van der Waals surface area contributed by atoms with Crippen LogP contribution in [0.15, 0.2) is 53.7 Å². The maximum absolute atomic E-state index is 13.6. The van der Waals surface area contributed by atoms with Crippen LogP contribution in [0, 0.1) is 30.1 Å². The van der Waals surface area contributed by atoms with Gasteiger partial charge in [0.25, 0.3) is 0 Å². The lowest BCUT2D eigenvalue weighted by Gasteiger charge is -2.39. The fourth-order valence-corrected chi connectivity index (χ4v) is 5.54. The third-order valence-corrected chi connectivity index (χ3v) is 7.90. The molecule has 2 aliphatic carbocycles. The molecule has 2 aromatic carbocycles. The van der Waals surface area contributed by atoms with Crippen LogP contribution in [0.4, 0.5) is 5.69 Å². The molecule has 2 bridgehead atoms. The monoisotopic (exact) mass is 418 g/mol. The minimum atomic E-state index is -0.586. The standard InChI is InChI=1S/C26H30N2O3/c1-17-13-18(2)15-20(14-17)27-23(30)26-12-11-25(5,24(26,3)4)21(16-26)28-31-22(29)19-9-7-6-8-10-19/h6-10,13-15H,11-12,16H2,1-5H3,(H,27,30). The molecule has 5 nitrogen and oxygen atoms in total. The third kappa shape index (κ3) is 3.27. The molecule has 2 unspecified atom stereocenters. The van der Waals surface area contributed by atoms with Gasteiger partial charge < -0.3 is 10.2 Å². The molecule has 31 heavy (non-hydrogen) atoms. The van der Waals surface area contributed by atoms with Crippen molar-refractivity contribution >= 4 is 23.3 Å². The second kappa shape index (κ2) is 7.33. The summed E-state index contributed by atoms with van der Waals surface area (Å²) in [7, 11) is 0. The Bertz CT molecular complexity index is 1050. The summed E-state index contributed by atoms with van der Waals surface area (Å²) in [6.07, 6.45) is 2.12. The van der Waals surface area contributed by atoms with E-state index < -0.39 is 11.4 Å². The summed E-state index contributed by atoms with van der Waals surface area (Å²) in [4.78, 5) is 31.3. The Hall–Kier alpha value is -2.95. The predicted molar refractivity (Wildman–Crippen MR) is 122 cm³/mol. The quantitative estimate of drug-likeness (QED) is 0.514. The molecule has 0 spiro atoms. The molecule has 162 valence electrons. The first kappa shape index (κ1) is 21.3. The van der Waals surface area contributed by atoms with Crippen LogP contribution in [0.3, 0.4) is 0 Å². The fourth-order valence-electron chi connectivity index (χ4n) is 5.54. The van der Waals surface area contributed by atoms with Gasteiger partial charge in [-0.3, -0.25) is 4.79 Å². The van der Waals surface area contributed by atoms with E-state index in [0.717, 1.165) is 35.4 Å². The molecule has 0 saturated heterocycles. The Kier molecular flexibility index (Phi) is 5.03. The van der Waals surface area contributed by atoms with Crippen LogP contribution in [0.1, 0.15) is 61.5 Å². The molecule has 0 aromatic heterocycles. The molecule has 2 saturated carbocycles. The summed E-state index contributed by atoms with van der Waals surface area (Å²) in [5.41, 5.74) is 3.10. The van der Waals surface area contributed by atoms with Crippen LogP contribution in [-0.2, 0) is 9.63 Å². The Balaban J connectivity index is 1.60. The first-order valence-electron chi connectivity index (χ1n) is 10.8. The van der Waals surface area contributed by atoms with Gasteiger partial charge in [-0.05, 0) is 67.5 Å². The second-order valence-corrected chi connectivity index (χ2v) is 9.83. The lowest BCUT2D eigenvalue weighted by atomic mass is 9.64. The summed E-state index contributed by atoms with van der Waals surface area (Å²) >= 11 is 0. The van der Waals surface area contributed by atoms with Gasteiger partial charge in [0.2, 0.25) is 5.91 Å².